The molecule has 0 aromatic heterocycles. The van der Waals surface area contributed by atoms with Crippen molar-refractivity contribution in [3.63, 3.8) is 0 Å². The second-order valence-corrected chi connectivity index (χ2v) is 4.94. The molecule has 0 aromatic carbocycles. The Kier molecular flexibility index (Phi) is 4.29. The Hall–Kier alpha value is -1.10. The molecule has 1 aliphatic rings. The van der Waals surface area contributed by atoms with Gasteiger partial charge in [-0.05, 0) is 33.6 Å². The molecule has 0 aliphatic carbocycles. The minimum absolute atomic E-state index is 0.346. The van der Waals surface area contributed by atoms with Gasteiger partial charge < -0.3 is 4.74 Å². The topological polar surface area (TPSA) is 58.6 Å². The number of nitrogens with zero attached hydrogens (tertiary/aromatic N) is 1. The van der Waals surface area contributed by atoms with Crippen LogP contribution in [-0.2, 0) is 9.53 Å². The molecule has 5 nitrogen and oxygen atoms in total. The summed E-state index contributed by atoms with van der Waals surface area (Å²) in [5.41, 5.74) is 2.06. The van der Waals surface area contributed by atoms with Gasteiger partial charge in [0.15, 0.2) is 0 Å². The first kappa shape index (κ1) is 13.0. The second-order valence-electron chi connectivity index (χ2n) is 4.94. The molecule has 1 amide bonds. The number of hydrazine groups is 1. The SMILES string of the molecule is CC(C)(C)OC(=O)NN1CCCCC1[C]=O. The van der Waals surface area contributed by atoms with Crippen molar-refractivity contribution < 1.29 is 14.3 Å². The molecule has 91 valence electrons. The average Bonchev–Trinajstić information content (AvgIpc) is 2.15. The molecule has 1 aliphatic heterocycles. The third kappa shape index (κ3) is 4.18. The van der Waals surface area contributed by atoms with Crippen LogP contribution in [0.3, 0.4) is 0 Å². The molecule has 0 saturated carbocycles. The van der Waals surface area contributed by atoms with Crippen molar-refractivity contribution in [3.05, 3.63) is 0 Å². The maximum Gasteiger partial charge on any atom is 0.422 e. The Labute approximate surface area is 96.1 Å². The van der Waals surface area contributed by atoms with Crippen molar-refractivity contribution in [2.24, 2.45) is 0 Å². The van der Waals surface area contributed by atoms with Crippen molar-refractivity contribution in [2.75, 3.05) is 6.54 Å². The van der Waals surface area contributed by atoms with Crippen LogP contribution in [0.1, 0.15) is 40.0 Å². The highest BCUT2D eigenvalue weighted by atomic mass is 16.6. The molecule has 1 saturated heterocycles. The molecule has 1 atom stereocenters. The van der Waals surface area contributed by atoms with E-state index in [1.807, 2.05) is 6.29 Å². The zero-order valence-corrected chi connectivity index (χ0v) is 10.1. The van der Waals surface area contributed by atoms with Gasteiger partial charge in [-0.2, -0.15) is 0 Å². The van der Waals surface area contributed by atoms with Gasteiger partial charge in [0, 0.05) is 6.54 Å². The molecular formula is C11H19N2O3. The first-order valence-electron chi connectivity index (χ1n) is 5.56. The summed E-state index contributed by atoms with van der Waals surface area (Å²) in [6, 6.07) is -0.346. The summed E-state index contributed by atoms with van der Waals surface area (Å²) in [5, 5.41) is 1.60. The van der Waals surface area contributed by atoms with Crippen LogP contribution < -0.4 is 5.43 Å². The van der Waals surface area contributed by atoms with E-state index in [0.717, 1.165) is 19.3 Å². The van der Waals surface area contributed by atoms with Crippen molar-refractivity contribution in [1.29, 1.82) is 0 Å². The first-order valence-corrected chi connectivity index (χ1v) is 5.56. The summed E-state index contributed by atoms with van der Waals surface area (Å²) in [6.07, 6.45) is 4.10. The molecular weight excluding hydrogens is 208 g/mol. The van der Waals surface area contributed by atoms with E-state index in [1.165, 1.54) is 0 Å². The highest BCUT2D eigenvalue weighted by molar-refractivity contribution is 5.68. The van der Waals surface area contributed by atoms with Gasteiger partial charge in [0.2, 0.25) is 6.29 Å². The van der Waals surface area contributed by atoms with E-state index in [9.17, 15) is 9.59 Å². The van der Waals surface area contributed by atoms with E-state index >= 15 is 0 Å². The van der Waals surface area contributed by atoms with Gasteiger partial charge in [-0.15, -0.1) is 0 Å². The van der Waals surface area contributed by atoms with Crippen LogP contribution in [0.25, 0.3) is 0 Å². The highest BCUT2D eigenvalue weighted by Gasteiger charge is 2.26. The third-order valence-corrected chi connectivity index (χ3v) is 2.27. The monoisotopic (exact) mass is 227 g/mol. The first-order chi connectivity index (χ1) is 7.42. The van der Waals surface area contributed by atoms with Gasteiger partial charge in [0.1, 0.15) is 5.60 Å². The normalized spacial score (nSPS) is 22.6. The zero-order chi connectivity index (χ0) is 12.2. The predicted octanol–water partition coefficient (Wildman–Crippen LogP) is 1.39. The smallest absolute Gasteiger partial charge is 0.422 e. The van der Waals surface area contributed by atoms with E-state index in [2.05, 4.69) is 5.43 Å². The fourth-order valence-electron chi connectivity index (χ4n) is 1.61. The molecule has 5 heteroatoms. The lowest BCUT2D eigenvalue weighted by Gasteiger charge is -2.32. The number of hydrogen-bond donors (Lipinski definition) is 1. The predicted molar refractivity (Wildman–Crippen MR) is 59.4 cm³/mol. The lowest BCUT2D eigenvalue weighted by molar-refractivity contribution is 0.0247. The van der Waals surface area contributed by atoms with Crippen LogP contribution in [0.15, 0.2) is 0 Å². The van der Waals surface area contributed by atoms with Crippen molar-refractivity contribution in [3.8, 4) is 0 Å². The number of piperidine rings is 1. The molecule has 16 heavy (non-hydrogen) atoms. The molecule has 0 bridgehead atoms. The minimum Gasteiger partial charge on any atom is -0.443 e. The second kappa shape index (κ2) is 5.30. The molecule has 0 aromatic rings. The summed E-state index contributed by atoms with van der Waals surface area (Å²) >= 11 is 0. The maximum absolute atomic E-state index is 11.5. The highest BCUT2D eigenvalue weighted by Crippen LogP contribution is 2.14. The van der Waals surface area contributed by atoms with Crippen molar-refractivity contribution in [1.82, 2.24) is 10.4 Å². The molecule has 1 heterocycles. The minimum atomic E-state index is -0.528. The van der Waals surface area contributed by atoms with Crippen LogP contribution in [-0.4, -0.2) is 35.6 Å². The molecule has 1 N–H and O–H groups in total. The zero-order valence-electron chi connectivity index (χ0n) is 10.1. The van der Waals surface area contributed by atoms with Crippen molar-refractivity contribution >= 4 is 12.4 Å². The lowest BCUT2D eigenvalue weighted by atomic mass is 10.1. The van der Waals surface area contributed by atoms with Gasteiger partial charge in [0.05, 0.1) is 6.04 Å². The van der Waals surface area contributed by atoms with Gasteiger partial charge in [-0.3, -0.25) is 10.2 Å². The number of nitrogens with one attached hydrogen (secondary N) is 1. The summed E-state index contributed by atoms with van der Waals surface area (Å²) in [5.74, 6) is 0. The van der Waals surface area contributed by atoms with E-state index in [-0.39, 0.29) is 6.04 Å². The molecule has 1 rings (SSSR count). The van der Waals surface area contributed by atoms with Gasteiger partial charge in [-0.25, -0.2) is 9.80 Å². The van der Waals surface area contributed by atoms with E-state index in [1.54, 1.807) is 25.8 Å². The Morgan fingerprint density at radius 3 is 2.69 bits per heavy atom. The average molecular weight is 227 g/mol. The van der Waals surface area contributed by atoms with Gasteiger partial charge in [-0.1, -0.05) is 6.42 Å². The molecule has 0 spiro atoms. The molecule has 1 radical (unpaired) electrons. The number of amides is 1. The van der Waals surface area contributed by atoms with Crippen LogP contribution >= 0.6 is 0 Å². The standard InChI is InChI=1S/C11H19N2O3/c1-11(2,3)16-10(15)12-13-7-5-4-6-9(13)8-14/h9H,4-7H2,1-3H3,(H,12,15). The van der Waals surface area contributed by atoms with Crippen LogP contribution in [0, 0.1) is 0 Å². The Morgan fingerprint density at radius 2 is 2.12 bits per heavy atom. The van der Waals surface area contributed by atoms with E-state index in [0.29, 0.717) is 6.54 Å². The van der Waals surface area contributed by atoms with Gasteiger partial charge >= 0.3 is 6.09 Å². The Balaban J connectivity index is 2.45. The summed E-state index contributed by atoms with van der Waals surface area (Å²) in [7, 11) is 0. The van der Waals surface area contributed by atoms with E-state index < -0.39 is 11.7 Å². The van der Waals surface area contributed by atoms with Crippen LogP contribution in [0.5, 0.6) is 0 Å². The number of hydrogen-bond acceptors (Lipinski definition) is 4. The number of carbonyl (C=O) groups excluding carboxylic acids is 2. The number of rotatable bonds is 2. The quantitative estimate of drug-likeness (QED) is 0.774. The number of ether oxygens (including phenoxy) is 1. The largest absolute Gasteiger partial charge is 0.443 e. The fourth-order valence-corrected chi connectivity index (χ4v) is 1.61. The summed E-state index contributed by atoms with van der Waals surface area (Å²) < 4.78 is 5.11. The fraction of sp³-hybridized carbons (Fsp3) is 0.818. The molecule has 1 fully saturated rings. The Morgan fingerprint density at radius 1 is 1.44 bits per heavy atom. The molecule has 1 unspecified atom stereocenters. The maximum atomic E-state index is 11.5. The third-order valence-electron chi connectivity index (χ3n) is 2.27. The van der Waals surface area contributed by atoms with E-state index in [4.69, 9.17) is 4.74 Å². The van der Waals surface area contributed by atoms with Gasteiger partial charge in [0.25, 0.3) is 0 Å². The lowest BCUT2D eigenvalue weighted by Crippen LogP contribution is -2.52. The van der Waals surface area contributed by atoms with Crippen molar-refractivity contribution in [2.45, 2.75) is 51.7 Å². The van der Waals surface area contributed by atoms with Crippen LogP contribution in [0.4, 0.5) is 4.79 Å². The van der Waals surface area contributed by atoms with Crippen LogP contribution in [0.2, 0.25) is 0 Å². The summed E-state index contributed by atoms with van der Waals surface area (Å²) in [4.78, 5) is 22.2. The number of carbonyl (C=O) groups is 1. The summed E-state index contributed by atoms with van der Waals surface area (Å²) in [6.45, 7) is 6.06. The Bertz CT molecular complexity index is 260.